The van der Waals surface area contributed by atoms with Crippen molar-refractivity contribution in [2.24, 2.45) is 5.73 Å². The molecule has 0 bridgehead atoms. The summed E-state index contributed by atoms with van der Waals surface area (Å²) < 4.78 is 1.98. The summed E-state index contributed by atoms with van der Waals surface area (Å²) in [5, 5.41) is 9.00. The van der Waals surface area contributed by atoms with E-state index >= 15 is 0 Å². The zero-order valence-electron chi connectivity index (χ0n) is 10.5. The third-order valence-corrected chi connectivity index (χ3v) is 2.80. The Morgan fingerprint density at radius 2 is 2.33 bits per heavy atom. The van der Waals surface area contributed by atoms with Gasteiger partial charge in [0.1, 0.15) is 17.6 Å². The zero-order chi connectivity index (χ0) is 13.1. The van der Waals surface area contributed by atoms with Crippen LogP contribution in [-0.4, -0.2) is 14.5 Å². The predicted molar refractivity (Wildman–Crippen MR) is 67.6 cm³/mol. The van der Waals surface area contributed by atoms with E-state index in [-0.39, 0.29) is 6.04 Å². The van der Waals surface area contributed by atoms with Crippen molar-refractivity contribution in [2.45, 2.75) is 26.4 Å². The molecule has 1 unspecified atom stereocenters. The maximum absolute atomic E-state index is 9.00. The molecule has 0 saturated carbocycles. The summed E-state index contributed by atoms with van der Waals surface area (Å²) in [6.45, 7) is 4.41. The van der Waals surface area contributed by atoms with Crippen LogP contribution < -0.4 is 5.73 Å². The zero-order valence-corrected chi connectivity index (χ0v) is 10.5. The molecule has 2 N–H and O–H groups in total. The van der Waals surface area contributed by atoms with E-state index in [4.69, 9.17) is 11.0 Å². The number of nitrogens with zero attached hydrogens (tertiary/aromatic N) is 4. The molecule has 5 heteroatoms. The van der Waals surface area contributed by atoms with Crippen molar-refractivity contribution < 1.29 is 0 Å². The van der Waals surface area contributed by atoms with Crippen LogP contribution in [0.2, 0.25) is 0 Å². The fourth-order valence-electron chi connectivity index (χ4n) is 1.76. The number of nitriles is 1. The SMILES string of the molecule is Cc1nc(C(C)N)cn1Cc1cccnc1C#N. The Labute approximate surface area is 106 Å². The molecule has 0 aliphatic rings. The van der Waals surface area contributed by atoms with Gasteiger partial charge in [0.15, 0.2) is 0 Å². The van der Waals surface area contributed by atoms with Gasteiger partial charge in [0.25, 0.3) is 0 Å². The third kappa shape index (κ3) is 2.39. The molecule has 0 aliphatic carbocycles. The summed E-state index contributed by atoms with van der Waals surface area (Å²) in [6, 6.07) is 5.73. The molecular formula is C13H15N5. The van der Waals surface area contributed by atoms with Crippen molar-refractivity contribution >= 4 is 0 Å². The number of pyridine rings is 1. The molecular weight excluding hydrogens is 226 g/mol. The molecule has 1 atom stereocenters. The number of nitrogens with two attached hydrogens (primary N) is 1. The number of imidazole rings is 1. The van der Waals surface area contributed by atoms with E-state index in [9.17, 15) is 0 Å². The Bertz CT molecular complexity index is 592. The van der Waals surface area contributed by atoms with Gasteiger partial charge in [-0.05, 0) is 19.9 Å². The maximum atomic E-state index is 9.00. The standard InChI is InChI=1S/C13H15N5/c1-9(15)13-8-18(10(2)17-13)7-11-4-3-5-16-12(11)6-14/h3-5,8-9H,7,15H2,1-2H3. The van der Waals surface area contributed by atoms with E-state index in [0.717, 1.165) is 17.1 Å². The number of hydrogen-bond donors (Lipinski definition) is 1. The Hall–Kier alpha value is -2.19. The average molecular weight is 241 g/mol. The highest BCUT2D eigenvalue weighted by atomic mass is 15.1. The van der Waals surface area contributed by atoms with E-state index < -0.39 is 0 Å². The van der Waals surface area contributed by atoms with Crippen LogP contribution in [0.25, 0.3) is 0 Å². The largest absolute Gasteiger partial charge is 0.330 e. The summed E-state index contributed by atoms with van der Waals surface area (Å²) >= 11 is 0. The molecule has 2 aromatic rings. The first-order valence-corrected chi connectivity index (χ1v) is 5.75. The minimum atomic E-state index is -0.0886. The van der Waals surface area contributed by atoms with E-state index in [0.29, 0.717) is 12.2 Å². The van der Waals surface area contributed by atoms with Crippen molar-refractivity contribution in [2.75, 3.05) is 0 Å². The van der Waals surface area contributed by atoms with Crippen LogP contribution in [0, 0.1) is 18.3 Å². The molecule has 2 heterocycles. The molecule has 0 aliphatic heterocycles. The average Bonchev–Trinajstić information content (AvgIpc) is 2.72. The monoisotopic (exact) mass is 241 g/mol. The van der Waals surface area contributed by atoms with Crippen molar-refractivity contribution in [1.82, 2.24) is 14.5 Å². The third-order valence-electron chi connectivity index (χ3n) is 2.80. The van der Waals surface area contributed by atoms with Gasteiger partial charge >= 0.3 is 0 Å². The highest BCUT2D eigenvalue weighted by Crippen LogP contribution is 2.13. The quantitative estimate of drug-likeness (QED) is 0.883. The van der Waals surface area contributed by atoms with Gasteiger partial charge in [0.2, 0.25) is 0 Å². The van der Waals surface area contributed by atoms with Gasteiger partial charge in [0.05, 0.1) is 12.2 Å². The highest BCUT2D eigenvalue weighted by molar-refractivity contribution is 5.31. The second kappa shape index (κ2) is 4.98. The molecule has 0 spiro atoms. The molecule has 0 fully saturated rings. The van der Waals surface area contributed by atoms with E-state index in [1.54, 1.807) is 6.20 Å². The first kappa shape index (κ1) is 12.3. The van der Waals surface area contributed by atoms with Gasteiger partial charge in [-0.25, -0.2) is 9.97 Å². The molecule has 5 nitrogen and oxygen atoms in total. The van der Waals surface area contributed by atoms with Gasteiger partial charge < -0.3 is 10.3 Å². The smallest absolute Gasteiger partial charge is 0.145 e. The molecule has 92 valence electrons. The van der Waals surface area contributed by atoms with Gasteiger partial charge in [0, 0.05) is 24.0 Å². The first-order chi connectivity index (χ1) is 8.61. The topological polar surface area (TPSA) is 80.5 Å². The van der Waals surface area contributed by atoms with Crippen LogP contribution in [0.1, 0.15) is 35.7 Å². The summed E-state index contributed by atoms with van der Waals surface area (Å²) in [5.41, 5.74) is 8.00. The predicted octanol–water partition coefficient (Wildman–Crippen LogP) is 1.53. The molecule has 2 rings (SSSR count). The second-order valence-electron chi connectivity index (χ2n) is 4.25. The van der Waals surface area contributed by atoms with Crippen LogP contribution in [0.3, 0.4) is 0 Å². The number of rotatable bonds is 3. The molecule has 0 radical (unpaired) electrons. The Balaban J connectivity index is 2.32. The van der Waals surface area contributed by atoms with E-state index in [1.807, 2.05) is 36.7 Å². The normalized spacial score (nSPS) is 12.1. The van der Waals surface area contributed by atoms with Crippen molar-refractivity contribution in [3.63, 3.8) is 0 Å². The van der Waals surface area contributed by atoms with Gasteiger partial charge in [-0.3, -0.25) is 0 Å². The van der Waals surface area contributed by atoms with Gasteiger partial charge in [-0.2, -0.15) is 5.26 Å². The van der Waals surface area contributed by atoms with Crippen molar-refractivity contribution in [1.29, 1.82) is 5.26 Å². The van der Waals surface area contributed by atoms with Crippen LogP contribution >= 0.6 is 0 Å². The summed E-state index contributed by atoms with van der Waals surface area (Å²) in [5.74, 6) is 0.884. The summed E-state index contributed by atoms with van der Waals surface area (Å²) in [4.78, 5) is 8.44. The fraction of sp³-hybridized carbons (Fsp3) is 0.308. The highest BCUT2D eigenvalue weighted by Gasteiger charge is 2.10. The first-order valence-electron chi connectivity index (χ1n) is 5.75. The molecule has 0 amide bonds. The lowest BCUT2D eigenvalue weighted by atomic mass is 10.2. The van der Waals surface area contributed by atoms with E-state index in [2.05, 4.69) is 16.0 Å². The molecule has 0 saturated heterocycles. The fourth-order valence-corrected chi connectivity index (χ4v) is 1.76. The van der Waals surface area contributed by atoms with Crippen molar-refractivity contribution in [3.8, 4) is 6.07 Å². The minimum absolute atomic E-state index is 0.0886. The lowest BCUT2D eigenvalue weighted by Gasteiger charge is -2.05. The lowest BCUT2D eigenvalue weighted by Crippen LogP contribution is -2.05. The Morgan fingerprint density at radius 3 is 2.94 bits per heavy atom. The number of aryl methyl sites for hydroxylation is 1. The second-order valence-corrected chi connectivity index (χ2v) is 4.25. The lowest BCUT2D eigenvalue weighted by molar-refractivity contribution is 0.754. The van der Waals surface area contributed by atoms with Gasteiger partial charge in [-0.1, -0.05) is 6.07 Å². The Morgan fingerprint density at radius 1 is 1.56 bits per heavy atom. The summed E-state index contributed by atoms with van der Waals surface area (Å²) in [7, 11) is 0. The molecule has 2 aromatic heterocycles. The Kier molecular flexibility index (Phi) is 3.40. The molecule has 0 aromatic carbocycles. The van der Waals surface area contributed by atoms with Crippen LogP contribution in [-0.2, 0) is 6.54 Å². The van der Waals surface area contributed by atoms with Gasteiger partial charge in [-0.15, -0.1) is 0 Å². The summed E-state index contributed by atoms with van der Waals surface area (Å²) in [6.07, 6.45) is 3.55. The van der Waals surface area contributed by atoms with Crippen LogP contribution in [0.15, 0.2) is 24.5 Å². The maximum Gasteiger partial charge on any atom is 0.145 e. The van der Waals surface area contributed by atoms with E-state index in [1.165, 1.54) is 0 Å². The van der Waals surface area contributed by atoms with Crippen LogP contribution in [0.4, 0.5) is 0 Å². The minimum Gasteiger partial charge on any atom is -0.330 e. The van der Waals surface area contributed by atoms with Crippen molar-refractivity contribution in [3.05, 3.63) is 47.3 Å². The van der Waals surface area contributed by atoms with Crippen LogP contribution in [0.5, 0.6) is 0 Å². The molecule has 18 heavy (non-hydrogen) atoms. The number of hydrogen-bond acceptors (Lipinski definition) is 4. The number of aromatic nitrogens is 3.